The zero-order valence-corrected chi connectivity index (χ0v) is 12.9. The Labute approximate surface area is 139 Å². The normalized spacial score (nSPS) is 10.3. The maximum atomic E-state index is 12.3. The molecule has 23 heavy (non-hydrogen) atoms. The molecule has 2 N–H and O–H groups in total. The molecule has 0 bridgehead atoms. The molecule has 0 unspecified atom stereocenters. The van der Waals surface area contributed by atoms with E-state index in [1.165, 1.54) is 12.1 Å². The van der Waals surface area contributed by atoms with Crippen molar-refractivity contribution in [3.05, 3.63) is 83.4 Å². The number of hydrogen-bond acceptors (Lipinski definition) is 2. The lowest BCUT2D eigenvalue weighted by atomic mass is 10.1. The van der Waals surface area contributed by atoms with Crippen LogP contribution in [0.3, 0.4) is 0 Å². The van der Waals surface area contributed by atoms with Gasteiger partial charge in [-0.05, 0) is 41.5 Å². The minimum Gasteiger partial charge on any atom is -0.507 e. The molecule has 3 nitrogen and oxygen atoms in total. The van der Waals surface area contributed by atoms with Gasteiger partial charge in [0.2, 0.25) is 0 Å². The number of nitrogens with one attached hydrogen (secondary N) is 1. The molecule has 0 fully saturated rings. The molecular weight excluding hydrogens is 310 g/mol. The Balaban J connectivity index is 1.84. The number of carbonyl (C=O) groups is 1. The van der Waals surface area contributed by atoms with Crippen LogP contribution in [0.2, 0.25) is 5.02 Å². The van der Waals surface area contributed by atoms with Crippen LogP contribution in [0.5, 0.6) is 5.75 Å². The summed E-state index contributed by atoms with van der Waals surface area (Å²) < 4.78 is 0. The van der Waals surface area contributed by atoms with E-state index in [0.29, 0.717) is 10.7 Å². The molecule has 0 aromatic heterocycles. The number of phenolic OH excluding ortho intramolecular Hbond substituents is 1. The van der Waals surface area contributed by atoms with Crippen molar-refractivity contribution in [1.82, 2.24) is 0 Å². The fraction of sp³-hybridized carbons (Fsp3) is 0. The van der Waals surface area contributed by atoms with Crippen LogP contribution in [0.25, 0.3) is 11.1 Å². The van der Waals surface area contributed by atoms with Crippen LogP contribution in [-0.4, -0.2) is 11.0 Å². The fourth-order valence-electron chi connectivity index (χ4n) is 2.30. The van der Waals surface area contributed by atoms with E-state index in [2.05, 4.69) is 5.32 Å². The first-order chi connectivity index (χ1) is 11.1. The zero-order chi connectivity index (χ0) is 16.2. The Morgan fingerprint density at radius 1 is 0.870 bits per heavy atom. The van der Waals surface area contributed by atoms with E-state index >= 15 is 0 Å². The fourth-order valence-corrected chi connectivity index (χ4v) is 2.47. The highest BCUT2D eigenvalue weighted by Crippen LogP contribution is 2.25. The molecular formula is C19H14ClNO2. The van der Waals surface area contributed by atoms with Gasteiger partial charge in [0.1, 0.15) is 5.75 Å². The van der Waals surface area contributed by atoms with Crippen LogP contribution >= 0.6 is 11.6 Å². The molecule has 3 aromatic rings. The largest absolute Gasteiger partial charge is 0.507 e. The average Bonchev–Trinajstić information content (AvgIpc) is 2.56. The molecule has 0 saturated heterocycles. The van der Waals surface area contributed by atoms with E-state index in [1.54, 1.807) is 12.1 Å². The van der Waals surface area contributed by atoms with Crippen LogP contribution in [0.4, 0.5) is 5.69 Å². The average molecular weight is 324 g/mol. The highest BCUT2D eigenvalue weighted by Gasteiger charge is 2.12. The van der Waals surface area contributed by atoms with E-state index in [1.807, 2.05) is 48.5 Å². The first-order valence-electron chi connectivity index (χ1n) is 7.09. The van der Waals surface area contributed by atoms with E-state index < -0.39 is 0 Å². The van der Waals surface area contributed by atoms with E-state index in [4.69, 9.17) is 11.6 Å². The summed E-state index contributed by atoms with van der Waals surface area (Å²) in [6.07, 6.45) is 0. The number of phenols is 1. The molecule has 0 heterocycles. The Bertz CT molecular complexity index is 847. The standard InChI is InChI=1S/C19H14ClNO2/c20-15-9-10-17(18(22)12-15)19(23)21-16-8-4-7-14(11-16)13-5-2-1-3-6-13/h1-12,22H,(H,21,23). The van der Waals surface area contributed by atoms with Gasteiger partial charge in [-0.2, -0.15) is 0 Å². The second kappa shape index (κ2) is 6.55. The lowest BCUT2D eigenvalue weighted by molar-refractivity contribution is 0.102. The van der Waals surface area contributed by atoms with Crippen molar-refractivity contribution in [1.29, 1.82) is 0 Å². The summed E-state index contributed by atoms with van der Waals surface area (Å²) in [7, 11) is 0. The maximum Gasteiger partial charge on any atom is 0.259 e. The van der Waals surface area contributed by atoms with Crippen molar-refractivity contribution in [2.75, 3.05) is 5.32 Å². The second-order valence-corrected chi connectivity index (χ2v) is 5.50. The van der Waals surface area contributed by atoms with Gasteiger partial charge in [0, 0.05) is 10.7 Å². The summed E-state index contributed by atoms with van der Waals surface area (Å²) in [5.41, 5.74) is 2.91. The predicted molar refractivity (Wildman–Crippen MR) is 92.9 cm³/mol. The highest BCUT2D eigenvalue weighted by molar-refractivity contribution is 6.31. The highest BCUT2D eigenvalue weighted by atomic mass is 35.5. The number of halogens is 1. The SMILES string of the molecule is O=C(Nc1cccc(-c2ccccc2)c1)c1ccc(Cl)cc1O. The van der Waals surface area contributed by atoms with Gasteiger partial charge in [0.05, 0.1) is 5.56 Å². The number of rotatable bonds is 3. The van der Waals surface area contributed by atoms with E-state index in [0.717, 1.165) is 11.1 Å². The summed E-state index contributed by atoms with van der Waals surface area (Å²) >= 11 is 5.78. The molecule has 114 valence electrons. The number of benzene rings is 3. The third-order valence-electron chi connectivity index (χ3n) is 3.43. The lowest BCUT2D eigenvalue weighted by Crippen LogP contribution is -2.12. The predicted octanol–water partition coefficient (Wildman–Crippen LogP) is 4.96. The van der Waals surface area contributed by atoms with Crippen LogP contribution < -0.4 is 5.32 Å². The third kappa shape index (κ3) is 3.52. The summed E-state index contributed by atoms with van der Waals surface area (Å²) in [5.74, 6) is -0.529. The van der Waals surface area contributed by atoms with Gasteiger partial charge >= 0.3 is 0 Å². The van der Waals surface area contributed by atoms with Crippen LogP contribution in [-0.2, 0) is 0 Å². The van der Waals surface area contributed by atoms with Gasteiger partial charge < -0.3 is 10.4 Å². The van der Waals surface area contributed by atoms with Crippen molar-refractivity contribution in [2.24, 2.45) is 0 Å². The van der Waals surface area contributed by atoms with Crippen molar-refractivity contribution >= 4 is 23.2 Å². The number of aromatic hydroxyl groups is 1. The third-order valence-corrected chi connectivity index (χ3v) is 3.67. The summed E-state index contributed by atoms with van der Waals surface area (Å²) in [6.45, 7) is 0. The molecule has 0 spiro atoms. The monoisotopic (exact) mass is 323 g/mol. The first kappa shape index (κ1) is 15.1. The first-order valence-corrected chi connectivity index (χ1v) is 7.46. The second-order valence-electron chi connectivity index (χ2n) is 5.06. The number of amides is 1. The Hall–Kier alpha value is -2.78. The van der Waals surface area contributed by atoms with Gasteiger partial charge in [-0.25, -0.2) is 0 Å². The summed E-state index contributed by atoms with van der Waals surface area (Å²) in [4.78, 5) is 12.3. The molecule has 3 rings (SSSR count). The molecule has 0 aliphatic heterocycles. The number of hydrogen-bond donors (Lipinski definition) is 2. The Kier molecular flexibility index (Phi) is 4.31. The molecule has 0 aliphatic carbocycles. The van der Waals surface area contributed by atoms with Gasteiger partial charge in [0.25, 0.3) is 5.91 Å². The number of carbonyl (C=O) groups excluding carboxylic acids is 1. The zero-order valence-electron chi connectivity index (χ0n) is 12.2. The molecule has 0 atom stereocenters. The Morgan fingerprint density at radius 3 is 2.35 bits per heavy atom. The minimum absolute atomic E-state index is 0.144. The van der Waals surface area contributed by atoms with E-state index in [-0.39, 0.29) is 17.2 Å². The van der Waals surface area contributed by atoms with Crippen LogP contribution in [0.1, 0.15) is 10.4 Å². The van der Waals surface area contributed by atoms with Gasteiger partial charge in [-0.1, -0.05) is 54.1 Å². The summed E-state index contributed by atoms with van der Waals surface area (Å²) in [5, 5.41) is 13.0. The van der Waals surface area contributed by atoms with Crippen molar-refractivity contribution < 1.29 is 9.90 Å². The quantitative estimate of drug-likeness (QED) is 0.715. The Morgan fingerprint density at radius 2 is 1.61 bits per heavy atom. The minimum atomic E-state index is -0.385. The van der Waals surface area contributed by atoms with Gasteiger partial charge in [-0.3, -0.25) is 4.79 Å². The van der Waals surface area contributed by atoms with E-state index in [9.17, 15) is 9.90 Å². The lowest BCUT2D eigenvalue weighted by Gasteiger charge is -2.09. The van der Waals surface area contributed by atoms with Crippen molar-refractivity contribution in [2.45, 2.75) is 0 Å². The molecule has 3 aromatic carbocycles. The van der Waals surface area contributed by atoms with Gasteiger partial charge in [-0.15, -0.1) is 0 Å². The van der Waals surface area contributed by atoms with Crippen LogP contribution in [0, 0.1) is 0 Å². The number of anilines is 1. The van der Waals surface area contributed by atoms with Crippen molar-refractivity contribution in [3.63, 3.8) is 0 Å². The molecule has 0 saturated carbocycles. The van der Waals surface area contributed by atoms with Gasteiger partial charge in [0.15, 0.2) is 0 Å². The van der Waals surface area contributed by atoms with Crippen molar-refractivity contribution in [3.8, 4) is 16.9 Å². The molecule has 1 amide bonds. The maximum absolute atomic E-state index is 12.3. The molecule has 0 aliphatic rings. The molecule has 4 heteroatoms. The summed E-state index contributed by atoms with van der Waals surface area (Å²) in [6, 6.07) is 21.8. The topological polar surface area (TPSA) is 49.3 Å². The smallest absolute Gasteiger partial charge is 0.259 e. The van der Waals surface area contributed by atoms with Crippen LogP contribution in [0.15, 0.2) is 72.8 Å². The molecule has 0 radical (unpaired) electrons.